The Hall–Kier alpha value is -2.14. The Morgan fingerprint density at radius 1 is 0.955 bits per heavy atom. The first-order valence-electron chi connectivity index (χ1n) is 7.58. The lowest BCUT2D eigenvalue weighted by Gasteiger charge is -2.35. The van der Waals surface area contributed by atoms with Crippen molar-refractivity contribution in [3.8, 4) is 0 Å². The molecule has 0 amide bonds. The normalized spacial score (nSPS) is 15.5. The first-order chi connectivity index (χ1) is 10.8. The molecule has 2 aromatic heterocycles. The molecule has 3 aromatic rings. The summed E-state index contributed by atoms with van der Waals surface area (Å²) in [6.07, 6.45) is 1.86. The zero-order chi connectivity index (χ0) is 14.9. The van der Waals surface area contributed by atoms with Gasteiger partial charge in [0.25, 0.3) is 0 Å². The van der Waals surface area contributed by atoms with Gasteiger partial charge in [-0.05, 0) is 30.7 Å². The molecular weight excluding hydrogens is 292 g/mol. The minimum Gasteiger partial charge on any atom is -0.353 e. The van der Waals surface area contributed by atoms with E-state index in [9.17, 15) is 0 Å². The zero-order valence-electron chi connectivity index (χ0n) is 12.6. The van der Waals surface area contributed by atoms with Crippen molar-refractivity contribution in [3.05, 3.63) is 48.2 Å². The second-order valence-electron chi connectivity index (χ2n) is 5.58. The van der Waals surface area contributed by atoms with Gasteiger partial charge in [0.1, 0.15) is 5.82 Å². The molecule has 3 heterocycles. The maximum atomic E-state index is 4.84. The first-order valence-corrected chi connectivity index (χ1v) is 8.40. The summed E-state index contributed by atoms with van der Waals surface area (Å²) in [4.78, 5) is 14.0. The van der Waals surface area contributed by atoms with Gasteiger partial charge in [0.15, 0.2) is 5.13 Å². The lowest BCUT2D eigenvalue weighted by Crippen LogP contribution is -2.46. The molecule has 1 aromatic carbocycles. The van der Waals surface area contributed by atoms with Gasteiger partial charge in [-0.1, -0.05) is 29.5 Å². The molecule has 0 bridgehead atoms. The highest BCUT2D eigenvalue weighted by atomic mass is 32.1. The Morgan fingerprint density at radius 2 is 1.77 bits per heavy atom. The fourth-order valence-electron chi connectivity index (χ4n) is 2.88. The van der Waals surface area contributed by atoms with Crippen LogP contribution in [0.1, 0.15) is 5.56 Å². The standard InChI is InChI=1S/C17H18N4S/c1-13-5-4-6-14-16(13)19-17(22-14)21-11-9-20(10-12-21)15-7-2-3-8-18-15/h2-8H,9-12H2,1H3. The maximum absolute atomic E-state index is 4.84. The third-order valence-electron chi connectivity index (χ3n) is 4.13. The van der Waals surface area contributed by atoms with Crippen molar-refractivity contribution >= 4 is 32.5 Å². The number of thiazole rings is 1. The van der Waals surface area contributed by atoms with E-state index in [0.717, 1.165) is 42.6 Å². The molecule has 4 rings (SSSR count). The molecule has 0 unspecified atom stereocenters. The summed E-state index contributed by atoms with van der Waals surface area (Å²) >= 11 is 1.80. The van der Waals surface area contributed by atoms with Crippen molar-refractivity contribution in [3.63, 3.8) is 0 Å². The van der Waals surface area contributed by atoms with E-state index >= 15 is 0 Å². The summed E-state index contributed by atoms with van der Waals surface area (Å²) in [5.41, 5.74) is 2.40. The van der Waals surface area contributed by atoms with Crippen LogP contribution in [0.15, 0.2) is 42.6 Å². The molecule has 1 aliphatic heterocycles. The molecule has 1 saturated heterocycles. The van der Waals surface area contributed by atoms with Gasteiger partial charge in [0.2, 0.25) is 0 Å². The largest absolute Gasteiger partial charge is 0.353 e. The second kappa shape index (κ2) is 5.57. The number of pyridine rings is 1. The number of nitrogens with zero attached hydrogens (tertiary/aromatic N) is 4. The molecule has 22 heavy (non-hydrogen) atoms. The van der Waals surface area contributed by atoms with Gasteiger partial charge in [-0.15, -0.1) is 0 Å². The summed E-state index contributed by atoms with van der Waals surface area (Å²) in [6, 6.07) is 12.5. The summed E-state index contributed by atoms with van der Waals surface area (Å²) in [7, 11) is 0. The Balaban J connectivity index is 1.52. The number of fused-ring (bicyclic) bond motifs is 1. The number of anilines is 2. The van der Waals surface area contributed by atoms with Gasteiger partial charge < -0.3 is 9.80 Å². The number of para-hydroxylation sites is 1. The summed E-state index contributed by atoms with van der Waals surface area (Å²) in [6.45, 7) is 6.10. The van der Waals surface area contributed by atoms with Crippen LogP contribution in [0.4, 0.5) is 10.9 Å². The molecule has 0 N–H and O–H groups in total. The van der Waals surface area contributed by atoms with Crippen LogP contribution < -0.4 is 9.80 Å². The van der Waals surface area contributed by atoms with Gasteiger partial charge in [0, 0.05) is 32.4 Å². The predicted octanol–water partition coefficient (Wildman–Crippen LogP) is 3.33. The average molecular weight is 310 g/mol. The number of benzene rings is 1. The zero-order valence-corrected chi connectivity index (χ0v) is 13.4. The third kappa shape index (κ3) is 2.41. The van der Waals surface area contributed by atoms with Gasteiger partial charge >= 0.3 is 0 Å². The molecular formula is C17H18N4S. The van der Waals surface area contributed by atoms with Gasteiger partial charge in [-0.3, -0.25) is 0 Å². The number of aryl methyl sites for hydroxylation is 1. The Labute approximate surface area is 134 Å². The van der Waals surface area contributed by atoms with E-state index in [0.29, 0.717) is 0 Å². The molecule has 0 spiro atoms. The van der Waals surface area contributed by atoms with E-state index in [1.165, 1.54) is 10.3 Å². The van der Waals surface area contributed by atoms with E-state index in [-0.39, 0.29) is 0 Å². The molecule has 0 radical (unpaired) electrons. The van der Waals surface area contributed by atoms with Crippen LogP contribution in [0.5, 0.6) is 0 Å². The number of hydrogen-bond acceptors (Lipinski definition) is 5. The van der Waals surface area contributed by atoms with Gasteiger partial charge in [-0.25, -0.2) is 9.97 Å². The van der Waals surface area contributed by atoms with Crippen LogP contribution in [0.3, 0.4) is 0 Å². The highest BCUT2D eigenvalue weighted by Gasteiger charge is 2.20. The van der Waals surface area contributed by atoms with Crippen LogP contribution in [0, 0.1) is 6.92 Å². The molecule has 1 fully saturated rings. The lowest BCUT2D eigenvalue weighted by molar-refractivity contribution is 0.646. The molecule has 4 nitrogen and oxygen atoms in total. The van der Waals surface area contributed by atoms with Gasteiger partial charge in [0.05, 0.1) is 10.2 Å². The Kier molecular flexibility index (Phi) is 3.42. The summed E-state index contributed by atoms with van der Waals surface area (Å²) in [5, 5.41) is 1.14. The maximum Gasteiger partial charge on any atom is 0.186 e. The fourth-order valence-corrected chi connectivity index (χ4v) is 3.97. The Morgan fingerprint density at radius 3 is 2.50 bits per heavy atom. The van der Waals surface area contributed by atoms with Crippen LogP contribution >= 0.6 is 11.3 Å². The van der Waals surface area contributed by atoms with E-state index < -0.39 is 0 Å². The smallest absolute Gasteiger partial charge is 0.186 e. The quantitative estimate of drug-likeness (QED) is 0.727. The minimum atomic E-state index is 0.992. The summed E-state index contributed by atoms with van der Waals surface area (Å²) < 4.78 is 1.28. The number of aromatic nitrogens is 2. The molecule has 1 aliphatic rings. The first kappa shape index (κ1) is 13.5. The highest BCUT2D eigenvalue weighted by molar-refractivity contribution is 7.22. The molecule has 0 atom stereocenters. The number of piperazine rings is 1. The van der Waals surface area contributed by atoms with Crippen molar-refractivity contribution in [2.75, 3.05) is 36.0 Å². The molecule has 5 heteroatoms. The number of rotatable bonds is 2. The van der Waals surface area contributed by atoms with Crippen molar-refractivity contribution in [2.24, 2.45) is 0 Å². The molecule has 0 saturated carbocycles. The van der Waals surface area contributed by atoms with E-state index in [1.54, 1.807) is 11.3 Å². The average Bonchev–Trinajstić information content (AvgIpc) is 3.02. The summed E-state index contributed by atoms with van der Waals surface area (Å²) in [5.74, 6) is 1.07. The van der Waals surface area contributed by atoms with Crippen molar-refractivity contribution in [2.45, 2.75) is 6.92 Å². The monoisotopic (exact) mass is 310 g/mol. The van der Waals surface area contributed by atoms with Crippen molar-refractivity contribution < 1.29 is 0 Å². The lowest BCUT2D eigenvalue weighted by atomic mass is 10.2. The van der Waals surface area contributed by atoms with Crippen LogP contribution in [0.2, 0.25) is 0 Å². The van der Waals surface area contributed by atoms with Crippen LogP contribution in [-0.2, 0) is 0 Å². The van der Waals surface area contributed by atoms with Crippen molar-refractivity contribution in [1.82, 2.24) is 9.97 Å². The van der Waals surface area contributed by atoms with Crippen LogP contribution in [0.25, 0.3) is 10.2 Å². The van der Waals surface area contributed by atoms with Crippen LogP contribution in [-0.4, -0.2) is 36.1 Å². The predicted molar refractivity (Wildman–Crippen MR) is 93.0 cm³/mol. The van der Waals surface area contributed by atoms with Gasteiger partial charge in [-0.2, -0.15) is 0 Å². The highest BCUT2D eigenvalue weighted by Crippen LogP contribution is 2.31. The molecule has 0 aliphatic carbocycles. The third-order valence-corrected chi connectivity index (χ3v) is 5.21. The van der Waals surface area contributed by atoms with E-state index in [2.05, 4.69) is 46.0 Å². The molecule has 112 valence electrons. The SMILES string of the molecule is Cc1cccc2sc(N3CCN(c4ccccn4)CC3)nc12. The van der Waals surface area contributed by atoms with Crippen molar-refractivity contribution in [1.29, 1.82) is 0 Å². The number of hydrogen-bond donors (Lipinski definition) is 0. The van der Waals surface area contributed by atoms with E-state index in [4.69, 9.17) is 4.98 Å². The fraction of sp³-hybridized carbons (Fsp3) is 0.294. The topological polar surface area (TPSA) is 32.3 Å². The minimum absolute atomic E-state index is 0.992. The second-order valence-corrected chi connectivity index (χ2v) is 6.59. The Bertz CT molecular complexity index is 776. The van der Waals surface area contributed by atoms with E-state index in [1.807, 2.05) is 18.3 Å².